The van der Waals surface area contributed by atoms with Crippen LogP contribution in [0.3, 0.4) is 0 Å². The van der Waals surface area contributed by atoms with Gasteiger partial charge in [0, 0.05) is 6.04 Å². The van der Waals surface area contributed by atoms with Crippen LogP contribution in [0.1, 0.15) is 46.4 Å². The van der Waals surface area contributed by atoms with Crippen molar-refractivity contribution in [3.05, 3.63) is 5.89 Å². The minimum absolute atomic E-state index is 0.220. The van der Waals surface area contributed by atoms with Crippen molar-refractivity contribution in [3.8, 4) is 0 Å². The summed E-state index contributed by atoms with van der Waals surface area (Å²) in [6.07, 6.45) is 2.51. The van der Waals surface area contributed by atoms with Crippen LogP contribution >= 0.6 is 0 Å². The largest absolute Gasteiger partial charge is 0.407 e. The first-order valence-electron chi connectivity index (χ1n) is 7.34. The molecule has 112 valence electrons. The number of morpholine rings is 1. The van der Waals surface area contributed by atoms with E-state index in [0.29, 0.717) is 24.5 Å². The van der Waals surface area contributed by atoms with Crippen LogP contribution in [-0.2, 0) is 11.3 Å². The molecule has 1 saturated carbocycles. The zero-order valence-corrected chi connectivity index (χ0v) is 12.8. The minimum Gasteiger partial charge on any atom is -0.407 e. The van der Waals surface area contributed by atoms with E-state index >= 15 is 0 Å². The molecule has 6 nitrogen and oxygen atoms in total. The number of ether oxygens (including phenoxy) is 1. The Morgan fingerprint density at radius 2 is 1.80 bits per heavy atom. The summed E-state index contributed by atoms with van der Waals surface area (Å²) in [5, 5.41) is 11.7. The number of nitrogens with zero attached hydrogens (tertiary/aromatic N) is 3. The zero-order chi connectivity index (χ0) is 14.4. The number of hydrogen-bond acceptors (Lipinski definition) is 6. The molecule has 0 amide bonds. The van der Waals surface area contributed by atoms with Crippen molar-refractivity contribution in [1.29, 1.82) is 0 Å². The number of anilines is 1. The van der Waals surface area contributed by atoms with Gasteiger partial charge in [0.25, 0.3) is 0 Å². The second-order valence-electron chi connectivity index (χ2n) is 7.11. The van der Waals surface area contributed by atoms with E-state index < -0.39 is 0 Å². The highest BCUT2D eigenvalue weighted by molar-refractivity contribution is 5.28. The fraction of sp³-hybridized carbons (Fsp3) is 0.857. The van der Waals surface area contributed by atoms with Gasteiger partial charge in [-0.15, -0.1) is 5.10 Å². The predicted octanol–water partition coefficient (Wildman–Crippen LogP) is 1.72. The van der Waals surface area contributed by atoms with E-state index in [0.717, 1.165) is 13.1 Å². The molecule has 0 radical (unpaired) electrons. The van der Waals surface area contributed by atoms with E-state index in [1.165, 1.54) is 12.8 Å². The summed E-state index contributed by atoms with van der Waals surface area (Å²) >= 11 is 0. The van der Waals surface area contributed by atoms with Gasteiger partial charge in [0.2, 0.25) is 5.89 Å². The zero-order valence-electron chi connectivity index (χ0n) is 12.8. The Bertz CT molecular complexity index is 463. The van der Waals surface area contributed by atoms with Crippen LogP contribution in [0.15, 0.2) is 4.42 Å². The number of aromatic nitrogens is 2. The van der Waals surface area contributed by atoms with E-state index in [-0.39, 0.29) is 11.2 Å². The first kappa shape index (κ1) is 13.8. The second-order valence-corrected chi connectivity index (χ2v) is 7.11. The molecule has 1 aliphatic heterocycles. The Balaban J connectivity index is 1.67. The Hall–Kier alpha value is -1.14. The third-order valence-corrected chi connectivity index (χ3v) is 3.54. The molecule has 1 aromatic rings. The predicted molar refractivity (Wildman–Crippen MR) is 75.6 cm³/mol. The average Bonchev–Trinajstić information content (AvgIpc) is 2.99. The molecule has 3 rings (SSSR count). The van der Waals surface area contributed by atoms with Crippen LogP contribution in [0.2, 0.25) is 0 Å². The molecule has 1 N–H and O–H groups in total. The van der Waals surface area contributed by atoms with Crippen LogP contribution in [0, 0.1) is 0 Å². The summed E-state index contributed by atoms with van der Waals surface area (Å²) in [4.78, 5) is 2.12. The fourth-order valence-electron chi connectivity index (χ4n) is 2.89. The lowest BCUT2D eigenvalue weighted by atomic mass is 9.99. The molecule has 2 fully saturated rings. The number of hydrogen-bond donors (Lipinski definition) is 1. The molecule has 0 unspecified atom stereocenters. The van der Waals surface area contributed by atoms with Gasteiger partial charge in [-0.3, -0.25) is 0 Å². The molecule has 2 heterocycles. The molecular weight excluding hydrogens is 256 g/mol. The summed E-state index contributed by atoms with van der Waals surface area (Å²) in [5.74, 6) is 0.661. The van der Waals surface area contributed by atoms with Crippen molar-refractivity contribution < 1.29 is 9.15 Å². The van der Waals surface area contributed by atoms with Gasteiger partial charge in [-0.25, -0.2) is 0 Å². The Labute approximate surface area is 119 Å². The van der Waals surface area contributed by atoms with Crippen molar-refractivity contribution in [2.75, 3.05) is 18.0 Å². The van der Waals surface area contributed by atoms with Crippen molar-refractivity contribution in [2.45, 2.75) is 64.3 Å². The van der Waals surface area contributed by atoms with E-state index in [2.05, 4.69) is 48.1 Å². The average molecular weight is 280 g/mol. The molecule has 6 heteroatoms. The van der Waals surface area contributed by atoms with Gasteiger partial charge in [0.1, 0.15) is 0 Å². The van der Waals surface area contributed by atoms with Crippen LogP contribution < -0.4 is 10.2 Å². The molecule has 1 aliphatic carbocycles. The van der Waals surface area contributed by atoms with Gasteiger partial charge in [-0.2, -0.15) is 0 Å². The summed E-state index contributed by atoms with van der Waals surface area (Å²) in [5.41, 5.74) is -0.439. The second kappa shape index (κ2) is 4.70. The van der Waals surface area contributed by atoms with E-state index in [1.807, 2.05) is 0 Å². The monoisotopic (exact) mass is 280 g/mol. The van der Waals surface area contributed by atoms with Crippen LogP contribution in [0.25, 0.3) is 0 Å². The lowest BCUT2D eigenvalue weighted by molar-refractivity contribution is -0.134. The molecule has 1 saturated heterocycles. The molecule has 0 bridgehead atoms. The highest BCUT2D eigenvalue weighted by Gasteiger charge is 2.39. The quantitative estimate of drug-likeness (QED) is 0.906. The maximum Gasteiger partial charge on any atom is 0.318 e. The van der Waals surface area contributed by atoms with Gasteiger partial charge in [0.05, 0.1) is 30.8 Å². The Morgan fingerprint density at radius 3 is 2.40 bits per heavy atom. The van der Waals surface area contributed by atoms with Crippen LogP contribution in [0.4, 0.5) is 6.01 Å². The van der Waals surface area contributed by atoms with E-state index in [1.54, 1.807) is 0 Å². The van der Waals surface area contributed by atoms with Gasteiger partial charge in [-0.05, 0) is 40.5 Å². The van der Waals surface area contributed by atoms with Gasteiger partial charge < -0.3 is 19.4 Å². The topological polar surface area (TPSA) is 63.4 Å². The first-order valence-corrected chi connectivity index (χ1v) is 7.34. The molecule has 0 aromatic carbocycles. The summed E-state index contributed by atoms with van der Waals surface area (Å²) in [7, 11) is 0. The number of rotatable bonds is 4. The van der Waals surface area contributed by atoms with Crippen LogP contribution in [-0.4, -0.2) is 40.5 Å². The van der Waals surface area contributed by atoms with Crippen molar-refractivity contribution in [1.82, 2.24) is 15.5 Å². The standard InChI is InChI=1S/C14H24N4O2/c1-13(2)8-18(9-14(3,4)20-13)12-17-16-11(19-12)7-15-10-5-6-10/h10,15H,5-9H2,1-4H3. The molecule has 0 atom stereocenters. The molecule has 1 aromatic heterocycles. The normalized spacial score (nSPS) is 24.9. The maximum atomic E-state index is 6.06. The molecule has 2 aliphatic rings. The van der Waals surface area contributed by atoms with Gasteiger partial charge in [0.15, 0.2) is 0 Å². The van der Waals surface area contributed by atoms with Crippen molar-refractivity contribution in [3.63, 3.8) is 0 Å². The highest BCUT2D eigenvalue weighted by atomic mass is 16.5. The van der Waals surface area contributed by atoms with Crippen molar-refractivity contribution in [2.24, 2.45) is 0 Å². The Kier molecular flexibility index (Phi) is 3.25. The fourth-order valence-corrected chi connectivity index (χ4v) is 2.89. The van der Waals surface area contributed by atoms with E-state index in [9.17, 15) is 0 Å². The maximum absolute atomic E-state index is 6.06. The lowest BCUT2D eigenvalue weighted by Crippen LogP contribution is -2.57. The summed E-state index contributed by atoms with van der Waals surface area (Å²) in [6, 6.07) is 1.24. The van der Waals surface area contributed by atoms with Crippen molar-refractivity contribution >= 4 is 6.01 Å². The third-order valence-electron chi connectivity index (χ3n) is 3.54. The first-order chi connectivity index (χ1) is 9.33. The lowest BCUT2D eigenvalue weighted by Gasteiger charge is -2.46. The molecular formula is C14H24N4O2. The van der Waals surface area contributed by atoms with Gasteiger partial charge >= 0.3 is 6.01 Å². The van der Waals surface area contributed by atoms with Gasteiger partial charge in [-0.1, -0.05) is 5.10 Å². The highest BCUT2D eigenvalue weighted by Crippen LogP contribution is 2.30. The summed E-state index contributed by atoms with van der Waals surface area (Å²) < 4.78 is 11.8. The smallest absolute Gasteiger partial charge is 0.318 e. The van der Waals surface area contributed by atoms with E-state index in [4.69, 9.17) is 9.15 Å². The Morgan fingerprint density at radius 1 is 1.15 bits per heavy atom. The molecule has 20 heavy (non-hydrogen) atoms. The SMILES string of the molecule is CC1(C)CN(c2nnc(CNC3CC3)o2)CC(C)(C)O1. The molecule has 0 spiro atoms. The van der Waals surface area contributed by atoms with Crippen LogP contribution in [0.5, 0.6) is 0 Å². The summed E-state index contributed by atoms with van der Waals surface area (Å²) in [6.45, 7) is 10.5. The number of nitrogens with one attached hydrogen (secondary N) is 1. The third kappa shape index (κ3) is 3.30. The minimum atomic E-state index is -0.220.